The maximum atomic E-state index is 13.5. The Kier molecular flexibility index (Phi) is 4.69. The highest BCUT2D eigenvalue weighted by molar-refractivity contribution is 6.01. The predicted molar refractivity (Wildman–Crippen MR) is 111 cm³/mol. The van der Waals surface area contributed by atoms with Crippen molar-refractivity contribution >= 4 is 40.0 Å². The monoisotopic (exact) mass is 406 g/mol. The largest absolute Gasteiger partial charge is 0.478 e. The van der Waals surface area contributed by atoms with Crippen molar-refractivity contribution in [2.24, 2.45) is 0 Å². The summed E-state index contributed by atoms with van der Waals surface area (Å²) in [4.78, 5) is 27.9. The number of hydrogen-bond acceptors (Lipinski definition) is 4. The number of aliphatic carboxylic acids is 1. The molecule has 1 N–H and O–H groups in total. The van der Waals surface area contributed by atoms with Gasteiger partial charge in [-0.3, -0.25) is 9.36 Å². The van der Waals surface area contributed by atoms with Gasteiger partial charge in [-0.05, 0) is 42.3 Å². The van der Waals surface area contributed by atoms with E-state index in [1.54, 1.807) is 18.2 Å². The number of carbonyl (C=O) groups excluding carboxylic acids is 1. The summed E-state index contributed by atoms with van der Waals surface area (Å²) in [6.45, 7) is 5.39. The SMILES string of the molecule is CC(=O)n1ncc2nc3c(cc21)c(/C=C/C(=O)O)c(C(C)C)n3-c1ccc(F)cc1. The minimum absolute atomic E-state index is 0.00474. The second kappa shape index (κ2) is 7.22. The first kappa shape index (κ1) is 19.5. The Bertz CT molecular complexity index is 1330. The summed E-state index contributed by atoms with van der Waals surface area (Å²) in [6, 6.07) is 7.82. The molecule has 152 valence electrons. The number of pyridine rings is 1. The molecule has 0 saturated carbocycles. The van der Waals surface area contributed by atoms with E-state index >= 15 is 0 Å². The third kappa shape index (κ3) is 3.16. The van der Waals surface area contributed by atoms with Gasteiger partial charge in [-0.15, -0.1) is 0 Å². The predicted octanol–water partition coefficient (Wildman–Crippen LogP) is 4.40. The molecule has 0 aliphatic rings. The third-order valence-electron chi connectivity index (χ3n) is 4.88. The standard InChI is InChI=1S/C22H19FN4O3/c1-12(2)21-16(8-9-20(29)30)17-10-19-18(11-24-27(19)13(3)28)25-22(17)26(21)15-6-4-14(23)5-7-15/h4-12H,1-3H3,(H,29,30)/b9-8+. The van der Waals surface area contributed by atoms with Gasteiger partial charge in [0.25, 0.3) is 0 Å². The van der Waals surface area contributed by atoms with Crippen LogP contribution in [0.15, 0.2) is 42.6 Å². The highest BCUT2D eigenvalue weighted by atomic mass is 19.1. The lowest BCUT2D eigenvalue weighted by Crippen LogP contribution is -2.06. The normalized spacial score (nSPS) is 11.9. The Hall–Kier alpha value is -3.81. The van der Waals surface area contributed by atoms with E-state index in [0.717, 1.165) is 11.8 Å². The molecule has 0 aliphatic heterocycles. The fourth-order valence-corrected chi connectivity index (χ4v) is 3.69. The molecule has 0 radical (unpaired) electrons. The van der Waals surface area contributed by atoms with Crippen LogP contribution in [0.1, 0.15) is 42.7 Å². The van der Waals surface area contributed by atoms with Crippen LogP contribution in [-0.4, -0.2) is 36.3 Å². The molecule has 0 bridgehead atoms. The Morgan fingerprint density at radius 1 is 1.20 bits per heavy atom. The maximum absolute atomic E-state index is 13.5. The minimum Gasteiger partial charge on any atom is -0.478 e. The number of carboxylic acid groups (broad SMARTS) is 1. The second-order valence-electron chi connectivity index (χ2n) is 7.28. The topological polar surface area (TPSA) is 90.0 Å². The highest BCUT2D eigenvalue weighted by Gasteiger charge is 2.22. The fraction of sp³-hybridized carbons (Fsp3) is 0.182. The Morgan fingerprint density at radius 3 is 2.50 bits per heavy atom. The molecule has 0 saturated heterocycles. The van der Waals surface area contributed by atoms with Gasteiger partial charge in [-0.25, -0.2) is 14.2 Å². The summed E-state index contributed by atoms with van der Waals surface area (Å²) >= 11 is 0. The molecule has 8 heteroatoms. The Labute approximate surface area is 171 Å². The smallest absolute Gasteiger partial charge is 0.328 e. The molecule has 0 unspecified atom stereocenters. The lowest BCUT2D eigenvalue weighted by Gasteiger charge is -2.14. The molecule has 4 rings (SSSR count). The summed E-state index contributed by atoms with van der Waals surface area (Å²) in [5.74, 6) is -1.68. The zero-order chi connectivity index (χ0) is 21.6. The molecular weight excluding hydrogens is 387 g/mol. The van der Waals surface area contributed by atoms with Crippen LogP contribution in [0.25, 0.3) is 33.8 Å². The molecule has 4 aromatic rings. The van der Waals surface area contributed by atoms with Gasteiger partial charge in [0, 0.05) is 35.3 Å². The van der Waals surface area contributed by atoms with E-state index < -0.39 is 5.97 Å². The molecule has 0 amide bonds. The van der Waals surface area contributed by atoms with Crippen molar-refractivity contribution in [1.29, 1.82) is 0 Å². The van der Waals surface area contributed by atoms with Crippen molar-refractivity contribution in [3.63, 3.8) is 0 Å². The van der Waals surface area contributed by atoms with Gasteiger partial charge < -0.3 is 5.11 Å². The van der Waals surface area contributed by atoms with Crippen LogP contribution < -0.4 is 0 Å². The van der Waals surface area contributed by atoms with Gasteiger partial charge in [0.2, 0.25) is 5.91 Å². The summed E-state index contributed by atoms with van der Waals surface area (Å²) in [7, 11) is 0. The zero-order valence-corrected chi connectivity index (χ0v) is 16.6. The van der Waals surface area contributed by atoms with Crippen LogP contribution in [0, 0.1) is 5.82 Å². The van der Waals surface area contributed by atoms with Crippen molar-refractivity contribution < 1.29 is 19.1 Å². The van der Waals surface area contributed by atoms with Gasteiger partial charge in [-0.1, -0.05) is 13.8 Å². The van der Waals surface area contributed by atoms with Crippen LogP contribution in [0.3, 0.4) is 0 Å². The summed E-state index contributed by atoms with van der Waals surface area (Å²) in [6.07, 6.45) is 4.12. The van der Waals surface area contributed by atoms with E-state index in [1.165, 1.54) is 36.0 Å². The van der Waals surface area contributed by atoms with Crippen LogP contribution in [0.4, 0.5) is 4.39 Å². The van der Waals surface area contributed by atoms with Crippen molar-refractivity contribution in [3.05, 3.63) is 59.7 Å². The number of carboxylic acids is 1. The number of rotatable bonds is 4. The lowest BCUT2D eigenvalue weighted by atomic mass is 10.0. The van der Waals surface area contributed by atoms with E-state index in [1.807, 2.05) is 18.4 Å². The quantitative estimate of drug-likeness (QED) is 0.508. The van der Waals surface area contributed by atoms with E-state index in [4.69, 9.17) is 4.98 Å². The average molecular weight is 406 g/mol. The number of halogens is 1. The number of aromatic nitrogens is 4. The highest BCUT2D eigenvalue weighted by Crippen LogP contribution is 2.35. The third-order valence-corrected chi connectivity index (χ3v) is 4.88. The minimum atomic E-state index is -1.07. The number of benzene rings is 1. The van der Waals surface area contributed by atoms with Crippen molar-refractivity contribution in [2.75, 3.05) is 0 Å². The molecule has 7 nitrogen and oxygen atoms in total. The number of fused-ring (bicyclic) bond motifs is 2. The maximum Gasteiger partial charge on any atom is 0.328 e. The number of carbonyl (C=O) groups is 2. The van der Waals surface area contributed by atoms with Crippen molar-refractivity contribution in [2.45, 2.75) is 26.7 Å². The van der Waals surface area contributed by atoms with Gasteiger partial charge in [0.05, 0.1) is 11.7 Å². The molecule has 3 heterocycles. The molecule has 0 spiro atoms. The van der Waals surface area contributed by atoms with Crippen LogP contribution in [-0.2, 0) is 4.79 Å². The summed E-state index contributed by atoms with van der Waals surface area (Å²) < 4.78 is 16.7. The van der Waals surface area contributed by atoms with Crippen molar-refractivity contribution in [1.82, 2.24) is 19.3 Å². The molecule has 0 atom stereocenters. The number of hydrogen-bond donors (Lipinski definition) is 1. The average Bonchev–Trinajstić information content (AvgIpc) is 3.24. The molecule has 3 aromatic heterocycles. The first-order chi connectivity index (χ1) is 14.3. The summed E-state index contributed by atoms with van der Waals surface area (Å²) in [5, 5.41) is 14.0. The van der Waals surface area contributed by atoms with E-state index in [-0.39, 0.29) is 17.6 Å². The number of nitrogens with zero attached hydrogens (tertiary/aromatic N) is 4. The Morgan fingerprint density at radius 2 is 1.90 bits per heavy atom. The molecule has 1 aromatic carbocycles. The van der Waals surface area contributed by atoms with E-state index in [2.05, 4.69) is 5.10 Å². The molecule has 0 fully saturated rings. The zero-order valence-electron chi connectivity index (χ0n) is 16.6. The first-order valence-corrected chi connectivity index (χ1v) is 9.39. The fourth-order valence-electron chi connectivity index (χ4n) is 3.69. The molecule has 0 aliphatic carbocycles. The van der Waals surface area contributed by atoms with Gasteiger partial charge in [0.1, 0.15) is 17.0 Å². The van der Waals surface area contributed by atoms with Gasteiger partial charge >= 0.3 is 5.97 Å². The lowest BCUT2D eigenvalue weighted by molar-refractivity contribution is -0.131. The second-order valence-corrected chi connectivity index (χ2v) is 7.28. The first-order valence-electron chi connectivity index (χ1n) is 9.39. The summed E-state index contributed by atoms with van der Waals surface area (Å²) in [5.41, 5.74) is 3.85. The van der Waals surface area contributed by atoms with E-state index in [9.17, 15) is 19.1 Å². The van der Waals surface area contributed by atoms with Crippen LogP contribution >= 0.6 is 0 Å². The van der Waals surface area contributed by atoms with Crippen LogP contribution in [0.5, 0.6) is 0 Å². The molecule has 30 heavy (non-hydrogen) atoms. The van der Waals surface area contributed by atoms with Crippen LogP contribution in [0.2, 0.25) is 0 Å². The van der Waals surface area contributed by atoms with Gasteiger partial charge in [0.15, 0.2) is 0 Å². The Balaban J connectivity index is 2.16. The van der Waals surface area contributed by atoms with Crippen molar-refractivity contribution in [3.8, 4) is 5.69 Å². The molecular formula is C22H19FN4O3. The van der Waals surface area contributed by atoms with Gasteiger partial charge in [-0.2, -0.15) is 9.78 Å². The van der Waals surface area contributed by atoms with E-state index in [0.29, 0.717) is 33.3 Å².